The van der Waals surface area contributed by atoms with Gasteiger partial charge in [0.05, 0.1) is 28.3 Å². The van der Waals surface area contributed by atoms with Crippen molar-refractivity contribution in [1.29, 1.82) is 0 Å². The molecule has 1 amide bonds. The molecule has 0 radical (unpaired) electrons. The van der Waals surface area contributed by atoms with E-state index in [1.165, 1.54) is 49.3 Å². The van der Waals surface area contributed by atoms with Crippen LogP contribution in [0.5, 0.6) is 5.75 Å². The highest BCUT2D eigenvalue weighted by molar-refractivity contribution is 7.92. The molecule has 38 heavy (non-hydrogen) atoms. The molecule has 1 heterocycles. The number of nitro benzene ring substituents is 1. The molecule has 1 aliphatic rings. The van der Waals surface area contributed by atoms with E-state index in [1.54, 1.807) is 30.3 Å². The molecule has 1 fully saturated rings. The highest BCUT2D eigenvalue weighted by Crippen LogP contribution is 2.29. The molecule has 1 saturated heterocycles. The molecule has 0 bridgehead atoms. The van der Waals surface area contributed by atoms with Gasteiger partial charge in [0.15, 0.2) is 0 Å². The average Bonchev–Trinajstić information content (AvgIpc) is 2.92. The Morgan fingerprint density at radius 1 is 1.05 bits per heavy atom. The summed E-state index contributed by atoms with van der Waals surface area (Å²) in [6.45, 7) is 2.31. The zero-order chi connectivity index (χ0) is 27.4. The van der Waals surface area contributed by atoms with Crippen molar-refractivity contribution in [3.8, 4) is 5.75 Å². The maximum Gasteiger partial charge on any atom is 0.273 e. The number of nitro groups is 1. The molecule has 200 valence electrons. The molecule has 0 N–H and O–H groups in total. The van der Waals surface area contributed by atoms with Crippen molar-refractivity contribution in [2.75, 3.05) is 49.0 Å². The minimum Gasteiger partial charge on any atom is -0.497 e. The third-order valence-electron chi connectivity index (χ3n) is 6.43. The summed E-state index contributed by atoms with van der Waals surface area (Å²) in [6.07, 6.45) is 0. The van der Waals surface area contributed by atoms with Gasteiger partial charge in [-0.1, -0.05) is 18.2 Å². The number of halogens is 1. The molecule has 1 aliphatic heterocycles. The minimum atomic E-state index is -4.36. The van der Waals surface area contributed by atoms with Gasteiger partial charge in [-0.2, -0.15) is 0 Å². The number of piperazine rings is 1. The van der Waals surface area contributed by atoms with Crippen molar-refractivity contribution >= 4 is 33.0 Å². The van der Waals surface area contributed by atoms with Crippen LogP contribution in [0.4, 0.5) is 21.5 Å². The van der Waals surface area contributed by atoms with E-state index in [0.717, 1.165) is 10.4 Å². The van der Waals surface area contributed by atoms with Crippen LogP contribution < -0.4 is 13.9 Å². The second-order valence-electron chi connectivity index (χ2n) is 8.73. The van der Waals surface area contributed by atoms with Gasteiger partial charge in [0.1, 0.15) is 18.1 Å². The summed E-state index contributed by atoms with van der Waals surface area (Å²) in [6, 6.07) is 16.2. The van der Waals surface area contributed by atoms with Crippen LogP contribution in [-0.2, 0) is 14.8 Å². The normalized spacial score (nSPS) is 13.8. The number of aryl methyl sites for hydroxylation is 1. The number of methoxy groups -OCH3 is 1. The Kier molecular flexibility index (Phi) is 7.81. The van der Waals surface area contributed by atoms with E-state index >= 15 is 0 Å². The second-order valence-corrected chi connectivity index (χ2v) is 10.6. The van der Waals surface area contributed by atoms with Crippen molar-refractivity contribution in [1.82, 2.24) is 4.90 Å². The molecule has 0 unspecified atom stereocenters. The Labute approximate surface area is 220 Å². The van der Waals surface area contributed by atoms with Crippen LogP contribution in [0, 0.1) is 22.9 Å². The number of para-hydroxylation sites is 1. The summed E-state index contributed by atoms with van der Waals surface area (Å²) in [5.41, 5.74) is 0.625. The molecule has 10 nitrogen and oxygen atoms in total. The van der Waals surface area contributed by atoms with Crippen LogP contribution >= 0.6 is 0 Å². The van der Waals surface area contributed by atoms with Crippen molar-refractivity contribution in [3.05, 3.63) is 88.2 Å². The first kappa shape index (κ1) is 26.9. The molecule has 4 rings (SSSR count). The van der Waals surface area contributed by atoms with E-state index in [2.05, 4.69) is 0 Å². The number of rotatable bonds is 8. The molecule has 0 aliphatic carbocycles. The second kappa shape index (κ2) is 11.1. The summed E-state index contributed by atoms with van der Waals surface area (Å²) in [7, 11) is -2.89. The largest absolute Gasteiger partial charge is 0.497 e. The van der Waals surface area contributed by atoms with Gasteiger partial charge < -0.3 is 14.5 Å². The Hall–Kier alpha value is -4.19. The van der Waals surface area contributed by atoms with E-state index in [-0.39, 0.29) is 35.2 Å². The maximum atomic E-state index is 14.2. The lowest BCUT2D eigenvalue weighted by Crippen LogP contribution is -2.52. The van der Waals surface area contributed by atoms with Gasteiger partial charge in [-0.05, 0) is 49.4 Å². The summed E-state index contributed by atoms with van der Waals surface area (Å²) >= 11 is 0. The third kappa shape index (κ3) is 5.54. The first-order valence-electron chi connectivity index (χ1n) is 11.8. The molecule has 0 spiro atoms. The maximum absolute atomic E-state index is 14.2. The van der Waals surface area contributed by atoms with E-state index in [0.29, 0.717) is 30.1 Å². The van der Waals surface area contributed by atoms with Crippen molar-refractivity contribution < 1.29 is 27.3 Å². The van der Waals surface area contributed by atoms with E-state index in [1.807, 2.05) is 4.90 Å². The predicted octanol–water partition coefficient (Wildman–Crippen LogP) is 3.60. The summed E-state index contributed by atoms with van der Waals surface area (Å²) in [5.74, 6) is -0.303. The fourth-order valence-electron chi connectivity index (χ4n) is 4.26. The molecule has 3 aromatic carbocycles. The van der Waals surface area contributed by atoms with Gasteiger partial charge in [-0.15, -0.1) is 0 Å². The van der Waals surface area contributed by atoms with E-state index in [9.17, 15) is 27.7 Å². The monoisotopic (exact) mass is 542 g/mol. The molecule has 3 aromatic rings. The number of hydrogen-bond donors (Lipinski definition) is 0. The van der Waals surface area contributed by atoms with Crippen LogP contribution in [0.2, 0.25) is 0 Å². The van der Waals surface area contributed by atoms with E-state index < -0.39 is 27.4 Å². The van der Waals surface area contributed by atoms with Gasteiger partial charge in [-0.25, -0.2) is 12.8 Å². The highest BCUT2D eigenvalue weighted by Gasteiger charge is 2.32. The number of anilines is 2. The Morgan fingerprint density at radius 3 is 2.32 bits per heavy atom. The molecular weight excluding hydrogens is 515 g/mol. The number of hydrogen-bond acceptors (Lipinski definition) is 7. The van der Waals surface area contributed by atoms with Gasteiger partial charge in [0.25, 0.3) is 15.7 Å². The van der Waals surface area contributed by atoms with Gasteiger partial charge >= 0.3 is 0 Å². The molecule has 12 heteroatoms. The van der Waals surface area contributed by atoms with Crippen LogP contribution in [-0.4, -0.2) is 64.0 Å². The number of nitrogens with zero attached hydrogens (tertiary/aromatic N) is 4. The lowest BCUT2D eigenvalue weighted by molar-refractivity contribution is -0.385. The van der Waals surface area contributed by atoms with Crippen LogP contribution in [0.25, 0.3) is 0 Å². The number of carbonyl (C=O) groups excluding carboxylic acids is 1. The summed E-state index contributed by atoms with van der Waals surface area (Å²) < 4.78 is 47.7. The fourth-order valence-corrected chi connectivity index (χ4v) is 5.70. The van der Waals surface area contributed by atoms with Gasteiger partial charge in [-0.3, -0.25) is 19.2 Å². The first-order valence-corrected chi connectivity index (χ1v) is 13.2. The lowest BCUT2D eigenvalue weighted by atomic mass is 10.2. The van der Waals surface area contributed by atoms with Crippen LogP contribution in [0.15, 0.2) is 71.6 Å². The number of benzene rings is 3. The Bertz CT molecular complexity index is 1440. The van der Waals surface area contributed by atoms with Gasteiger partial charge in [0, 0.05) is 37.8 Å². The fraction of sp³-hybridized carbons (Fsp3) is 0.269. The lowest BCUT2D eigenvalue weighted by Gasteiger charge is -2.37. The predicted molar refractivity (Wildman–Crippen MR) is 141 cm³/mol. The van der Waals surface area contributed by atoms with Crippen molar-refractivity contribution in [2.24, 2.45) is 0 Å². The smallest absolute Gasteiger partial charge is 0.273 e. The Balaban J connectivity index is 1.60. The number of amides is 1. The number of carbonyl (C=O) groups is 1. The molecule has 0 aromatic heterocycles. The minimum absolute atomic E-state index is 0.201. The average molecular weight is 543 g/mol. The van der Waals surface area contributed by atoms with E-state index in [4.69, 9.17) is 4.74 Å². The zero-order valence-corrected chi connectivity index (χ0v) is 21.7. The topological polar surface area (TPSA) is 113 Å². The summed E-state index contributed by atoms with van der Waals surface area (Å²) in [4.78, 5) is 27.2. The van der Waals surface area contributed by atoms with Gasteiger partial charge in [0.2, 0.25) is 5.91 Å². The molecule has 0 atom stereocenters. The quantitative estimate of drug-likeness (QED) is 0.316. The Morgan fingerprint density at radius 2 is 1.71 bits per heavy atom. The third-order valence-corrected chi connectivity index (χ3v) is 8.20. The summed E-state index contributed by atoms with van der Waals surface area (Å²) in [5, 5.41) is 11.4. The zero-order valence-electron chi connectivity index (χ0n) is 20.9. The highest BCUT2D eigenvalue weighted by atomic mass is 32.2. The molecule has 0 saturated carbocycles. The van der Waals surface area contributed by atoms with Crippen molar-refractivity contribution in [2.45, 2.75) is 11.8 Å². The number of sulfonamides is 1. The van der Waals surface area contributed by atoms with Crippen LogP contribution in [0.1, 0.15) is 5.56 Å². The molecular formula is C26H27FN4O6S. The SMILES string of the molecule is COc1ccc(N(CC(=O)N2CCN(c3ccccc3F)CC2)S(=O)(=O)c2ccc(C)c([N+](=O)[O-])c2)cc1. The van der Waals surface area contributed by atoms with Crippen LogP contribution in [0.3, 0.4) is 0 Å². The number of ether oxygens (including phenoxy) is 1. The first-order chi connectivity index (χ1) is 18.1. The van der Waals surface area contributed by atoms with Crippen molar-refractivity contribution in [3.63, 3.8) is 0 Å². The standard InChI is InChI=1S/C26H27FN4O6S/c1-19-7-12-22(17-25(19)31(33)34)38(35,36)30(20-8-10-21(37-2)11-9-20)18-26(32)29-15-13-28(14-16-29)24-6-4-3-5-23(24)27/h3-12,17H,13-16,18H2,1-2H3.